The highest BCUT2D eigenvalue weighted by molar-refractivity contribution is 9.10. The number of benzene rings is 1. The van der Waals surface area contributed by atoms with Crippen LogP contribution in [0.25, 0.3) is 0 Å². The maximum atomic E-state index is 9.45. The lowest BCUT2D eigenvalue weighted by atomic mass is 10.2. The number of hydrogen-bond donors (Lipinski definition) is 2. The first-order valence-corrected chi connectivity index (χ1v) is 6.99. The SMILES string of the molecule is CNCc1ccc(SC(C)C(C)O)cc1Br. The Morgan fingerprint density at radius 3 is 2.62 bits per heavy atom. The summed E-state index contributed by atoms with van der Waals surface area (Å²) >= 11 is 5.25. The van der Waals surface area contributed by atoms with Crippen molar-refractivity contribution in [3.8, 4) is 0 Å². The lowest BCUT2D eigenvalue weighted by molar-refractivity contribution is 0.196. The maximum absolute atomic E-state index is 9.45. The Morgan fingerprint density at radius 2 is 2.12 bits per heavy atom. The molecule has 0 aliphatic heterocycles. The number of halogens is 1. The number of aliphatic hydroxyl groups is 1. The molecular formula is C12H18BrNOS. The molecule has 2 nitrogen and oxygen atoms in total. The molecule has 0 amide bonds. The van der Waals surface area contributed by atoms with Gasteiger partial charge in [-0.3, -0.25) is 0 Å². The minimum Gasteiger partial charge on any atom is -0.392 e. The second-order valence-corrected chi connectivity index (χ2v) is 6.15. The summed E-state index contributed by atoms with van der Waals surface area (Å²) in [6.07, 6.45) is -0.291. The van der Waals surface area contributed by atoms with E-state index >= 15 is 0 Å². The Morgan fingerprint density at radius 1 is 1.44 bits per heavy atom. The molecule has 0 spiro atoms. The van der Waals surface area contributed by atoms with Crippen LogP contribution in [0.15, 0.2) is 27.6 Å². The van der Waals surface area contributed by atoms with Gasteiger partial charge in [-0.05, 0) is 31.7 Å². The molecule has 0 radical (unpaired) electrons. The van der Waals surface area contributed by atoms with Crippen LogP contribution in [0, 0.1) is 0 Å². The topological polar surface area (TPSA) is 32.3 Å². The van der Waals surface area contributed by atoms with E-state index in [0.29, 0.717) is 0 Å². The Hall–Kier alpha value is -0.0300. The van der Waals surface area contributed by atoms with Gasteiger partial charge >= 0.3 is 0 Å². The largest absolute Gasteiger partial charge is 0.392 e. The molecule has 0 aliphatic carbocycles. The van der Waals surface area contributed by atoms with Crippen molar-refractivity contribution in [2.45, 2.75) is 36.6 Å². The summed E-state index contributed by atoms with van der Waals surface area (Å²) in [5.74, 6) is 0. The van der Waals surface area contributed by atoms with E-state index in [4.69, 9.17) is 0 Å². The smallest absolute Gasteiger partial charge is 0.0631 e. The van der Waals surface area contributed by atoms with Crippen molar-refractivity contribution in [2.75, 3.05) is 7.05 Å². The minimum atomic E-state index is -0.291. The van der Waals surface area contributed by atoms with Gasteiger partial charge in [-0.2, -0.15) is 0 Å². The molecule has 0 saturated heterocycles. The van der Waals surface area contributed by atoms with Crippen LogP contribution in [-0.4, -0.2) is 23.5 Å². The summed E-state index contributed by atoms with van der Waals surface area (Å²) in [5, 5.41) is 12.8. The Balaban J connectivity index is 2.73. The third-order valence-electron chi connectivity index (χ3n) is 2.39. The van der Waals surface area contributed by atoms with Crippen LogP contribution in [-0.2, 0) is 6.54 Å². The summed E-state index contributed by atoms with van der Waals surface area (Å²) in [6.45, 7) is 4.71. The molecule has 1 aromatic carbocycles. The van der Waals surface area contributed by atoms with Crippen LogP contribution in [0.2, 0.25) is 0 Å². The summed E-state index contributed by atoms with van der Waals surface area (Å²) in [7, 11) is 1.94. The van der Waals surface area contributed by atoms with Crippen LogP contribution >= 0.6 is 27.7 Å². The fourth-order valence-corrected chi connectivity index (χ4v) is 2.88. The van der Waals surface area contributed by atoms with E-state index < -0.39 is 0 Å². The Kier molecular flexibility index (Phi) is 5.83. The number of aliphatic hydroxyl groups excluding tert-OH is 1. The molecule has 0 aliphatic rings. The molecule has 1 rings (SSSR count). The summed E-state index contributed by atoms with van der Waals surface area (Å²) in [4.78, 5) is 1.18. The Bertz CT molecular complexity index is 344. The lowest BCUT2D eigenvalue weighted by Gasteiger charge is -2.14. The molecule has 0 heterocycles. The van der Waals surface area contributed by atoms with Crippen LogP contribution in [0.3, 0.4) is 0 Å². The quantitative estimate of drug-likeness (QED) is 0.820. The third kappa shape index (κ3) is 4.09. The van der Waals surface area contributed by atoms with Crippen molar-refractivity contribution < 1.29 is 5.11 Å². The second-order valence-electron chi connectivity index (χ2n) is 3.85. The lowest BCUT2D eigenvalue weighted by Crippen LogP contribution is -2.14. The van der Waals surface area contributed by atoms with Gasteiger partial charge in [0.1, 0.15) is 0 Å². The van der Waals surface area contributed by atoms with Crippen molar-refractivity contribution >= 4 is 27.7 Å². The van der Waals surface area contributed by atoms with Crippen LogP contribution in [0.5, 0.6) is 0 Å². The van der Waals surface area contributed by atoms with Gasteiger partial charge in [0.25, 0.3) is 0 Å². The summed E-state index contributed by atoms with van der Waals surface area (Å²) in [6, 6.07) is 6.31. The average Bonchev–Trinajstić information content (AvgIpc) is 2.22. The molecular weight excluding hydrogens is 286 g/mol. The van der Waals surface area contributed by atoms with Crippen molar-refractivity contribution in [1.82, 2.24) is 5.32 Å². The Labute approximate surface area is 110 Å². The zero-order valence-corrected chi connectivity index (χ0v) is 12.2. The molecule has 2 atom stereocenters. The first kappa shape index (κ1) is 14.0. The van der Waals surface area contributed by atoms with Crippen LogP contribution in [0.1, 0.15) is 19.4 Å². The second kappa shape index (κ2) is 6.64. The number of nitrogens with one attached hydrogen (secondary N) is 1. The van der Waals surface area contributed by atoms with E-state index in [-0.39, 0.29) is 11.4 Å². The highest BCUT2D eigenvalue weighted by Gasteiger charge is 2.11. The molecule has 0 bridgehead atoms. The number of hydrogen-bond acceptors (Lipinski definition) is 3. The minimum absolute atomic E-state index is 0.210. The van der Waals surface area contributed by atoms with Gasteiger partial charge in [0.2, 0.25) is 0 Å². The highest BCUT2D eigenvalue weighted by atomic mass is 79.9. The molecule has 0 fully saturated rings. The van der Waals surface area contributed by atoms with E-state index in [1.54, 1.807) is 11.8 Å². The van der Waals surface area contributed by atoms with E-state index in [2.05, 4.69) is 39.4 Å². The molecule has 0 aromatic heterocycles. The van der Waals surface area contributed by atoms with E-state index in [9.17, 15) is 5.11 Å². The van der Waals surface area contributed by atoms with Crippen molar-refractivity contribution in [1.29, 1.82) is 0 Å². The van der Waals surface area contributed by atoms with E-state index in [0.717, 1.165) is 11.0 Å². The fraction of sp³-hybridized carbons (Fsp3) is 0.500. The molecule has 0 saturated carbocycles. The summed E-state index contributed by atoms with van der Waals surface area (Å²) < 4.78 is 1.12. The van der Waals surface area contributed by atoms with E-state index in [1.165, 1.54) is 10.5 Å². The third-order valence-corrected chi connectivity index (χ3v) is 4.42. The van der Waals surface area contributed by atoms with Gasteiger partial charge < -0.3 is 10.4 Å². The molecule has 1 aromatic rings. The van der Waals surface area contributed by atoms with Gasteiger partial charge in [0.15, 0.2) is 0 Å². The first-order valence-electron chi connectivity index (χ1n) is 5.32. The predicted molar refractivity (Wildman–Crippen MR) is 73.9 cm³/mol. The zero-order chi connectivity index (χ0) is 12.1. The predicted octanol–water partition coefficient (Wildman–Crippen LogP) is 3.03. The standard InChI is InChI=1S/C12H18BrNOS/c1-8(15)9(2)16-11-5-4-10(7-14-3)12(13)6-11/h4-6,8-9,14-15H,7H2,1-3H3. The first-order chi connectivity index (χ1) is 7.54. The normalized spacial score (nSPS) is 14.8. The monoisotopic (exact) mass is 303 g/mol. The zero-order valence-electron chi connectivity index (χ0n) is 9.83. The van der Waals surface area contributed by atoms with Gasteiger partial charge in [-0.1, -0.05) is 28.9 Å². The van der Waals surface area contributed by atoms with Crippen molar-refractivity contribution in [3.05, 3.63) is 28.2 Å². The molecule has 90 valence electrons. The molecule has 16 heavy (non-hydrogen) atoms. The van der Waals surface area contributed by atoms with Gasteiger partial charge in [0.05, 0.1) is 6.10 Å². The number of thioether (sulfide) groups is 1. The maximum Gasteiger partial charge on any atom is 0.0631 e. The van der Waals surface area contributed by atoms with E-state index in [1.807, 2.05) is 20.9 Å². The van der Waals surface area contributed by atoms with Crippen LogP contribution < -0.4 is 5.32 Å². The molecule has 4 heteroatoms. The van der Waals surface area contributed by atoms with Gasteiger partial charge in [-0.25, -0.2) is 0 Å². The average molecular weight is 304 g/mol. The number of rotatable bonds is 5. The molecule has 2 unspecified atom stereocenters. The van der Waals surface area contributed by atoms with Crippen molar-refractivity contribution in [3.63, 3.8) is 0 Å². The van der Waals surface area contributed by atoms with Gasteiger partial charge in [-0.15, -0.1) is 11.8 Å². The van der Waals surface area contributed by atoms with Crippen molar-refractivity contribution in [2.24, 2.45) is 0 Å². The highest BCUT2D eigenvalue weighted by Crippen LogP contribution is 2.29. The molecule has 2 N–H and O–H groups in total. The summed E-state index contributed by atoms with van der Waals surface area (Å²) in [5.41, 5.74) is 1.25. The van der Waals surface area contributed by atoms with Gasteiger partial charge in [0, 0.05) is 21.2 Å². The van der Waals surface area contributed by atoms with Crippen LogP contribution in [0.4, 0.5) is 0 Å². The fourth-order valence-electron chi connectivity index (χ4n) is 1.25.